The molecule has 8 heteroatoms. The molecule has 0 saturated carbocycles. The molecule has 0 bridgehead atoms. The fraction of sp³-hybridized carbons (Fsp3) is 0. The van der Waals surface area contributed by atoms with Gasteiger partial charge in [0.25, 0.3) is 5.69 Å². The van der Waals surface area contributed by atoms with E-state index in [0.29, 0.717) is 34.1 Å². The number of benzene rings is 2. The van der Waals surface area contributed by atoms with Crippen molar-refractivity contribution in [2.45, 2.75) is 0 Å². The molecule has 2 aromatic carbocycles. The van der Waals surface area contributed by atoms with Crippen molar-refractivity contribution in [3.05, 3.63) is 71.0 Å². The van der Waals surface area contributed by atoms with E-state index in [1.54, 1.807) is 24.3 Å². The fourth-order valence-corrected chi connectivity index (χ4v) is 2.62. The molecule has 0 saturated heterocycles. The molecule has 0 amide bonds. The Labute approximate surface area is 147 Å². The van der Waals surface area contributed by atoms with Gasteiger partial charge in [0.1, 0.15) is 17.9 Å². The first kappa shape index (κ1) is 15.6. The van der Waals surface area contributed by atoms with Crippen LogP contribution in [0.25, 0.3) is 22.4 Å². The third-order valence-electron chi connectivity index (χ3n) is 3.82. The Morgan fingerprint density at radius 2 is 1.92 bits per heavy atom. The Kier molecular flexibility index (Phi) is 3.70. The van der Waals surface area contributed by atoms with Crippen LogP contribution in [0.5, 0.6) is 0 Å². The second-order valence-corrected chi connectivity index (χ2v) is 5.61. The maximum atomic E-state index is 10.9. The fourth-order valence-electron chi connectivity index (χ4n) is 2.62. The Hall–Kier alpha value is -3.94. The maximum absolute atomic E-state index is 10.9. The number of furan rings is 1. The summed E-state index contributed by atoms with van der Waals surface area (Å²) in [4.78, 5) is 18.8. The molecule has 2 aromatic heterocycles. The highest BCUT2D eigenvalue weighted by molar-refractivity contribution is 5.91. The second-order valence-electron chi connectivity index (χ2n) is 5.61. The van der Waals surface area contributed by atoms with Crippen LogP contribution < -0.4 is 11.1 Å². The average molecular weight is 347 g/mol. The van der Waals surface area contributed by atoms with Crippen LogP contribution in [0, 0.1) is 10.1 Å². The zero-order valence-electron chi connectivity index (χ0n) is 13.4. The van der Waals surface area contributed by atoms with Crippen LogP contribution in [0.3, 0.4) is 0 Å². The minimum Gasteiger partial charge on any atom is -0.438 e. The molecule has 2 heterocycles. The number of nitro benzene ring substituents is 1. The Bertz CT molecular complexity index is 1120. The van der Waals surface area contributed by atoms with E-state index < -0.39 is 4.92 Å². The van der Waals surface area contributed by atoms with Crippen LogP contribution in [-0.2, 0) is 0 Å². The smallest absolute Gasteiger partial charge is 0.271 e. The molecule has 0 atom stereocenters. The van der Waals surface area contributed by atoms with Crippen molar-refractivity contribution in [2.75, 3.05) is 11.1 Å². The van der Waals surface area contributed by atoms with Gasteiger partial charge in [-0.05, 0) is 24.3 Å². The summed E-state index contributed by atoms with van der Waals surface area (Å²) >= 11 is 0. The van der Waals surface area contributed by atoms with E-state index in [1.807, 2.05) is 18.2 Å². The minimum atomic E-state index is -0.448. The number of non-ortho nitro benzene ring substituents is 1. The summed E-state index contributed by atoms with van der Waals surface area (Å²) in [5, 5.41) is 14.7. The number of hydrogen-bond donors (Lipinski definition) is 2. The van der Waals surface area contributed by atoms with Gasteiger partial charge in [-0.2, -0.15) is 0 Å². The lowest BCUT2D eigenvalue weighted by atomic mass is 10.1. The molecule has 4 rings (SSSR count). The molecule has 0 spiro atoms. The molecule has 0 aliphatic rings. The van der Waals surface area contributed by atoms with Crippen molar-refractivity contribution in [1.29, 1.82) is 0 Å². The van der Waals surface area contributed by atoms with Crippen LogP contribution in [0.4, 0.5) is 22.9 Å². The number of aromatic nitrogens is 2. The van der Waals surface area contributed by atoms with Gasteiger partial charge in [-0.3, -0.25) is 10.1 Å². The first-order chi connectivity index (χ1) is 12.6. The standard InChI is InChI=1S/C18H13N5O3/c19-12-4-1-3-11(7-12)16-9-15-17(20-10-21-18(15)26-16)22-13-5-2-6-14(8-13)23(24)25/h1-10H,19H2,(H,20,21,22). The number of nitrogens with one attached hydrogen (secondary N) is 1. The third-order valence-corrected chi connectivity index (χ3v) is 3.82. The summed E-state index contributed by atoms with van der Waals surface area (Å²) in [5.74, 6) is 1.10. The lowest BCUT2D eigenvalue weighted by Gasteiger charge is -2.05. The predicted octanol–water partition coefficient (Wildman–Crippen LogP) is 4.12. The van der Waals surface area contributed by atoms with Crippen molar-refractivity contribution in [3.63, 3.8) is 0 Å². The molecule has 0 fully saturated rings. The highest BCUT2D eigenvalue weighted by Crippen LogP contribution is 2.32. The molecule has 4 aromatic rings. The van der Waals surface area contributed by atoms with Gasteiger partial charge in [0, 0.05) is 29.1 Å². The highest BCUT2D eigenvalue weighted by atomic mass is 16.6. The largest absolute Gasteiger partial charge is 0.438 e. The Balaban J connectivity index is 1.74. The lowest BCUT2D eigenvalue weighted by Crippen LogP contribution is -1.96. The third kappa shape index (κ3) is 2.91. The molecule has 26 heavy (non-hydrogen) atoms. The number of nitrogens with zero attached hydrogens (tertiary/aromatic N) is 3. The first-order valence-corrected chi connectivity index (χ1v) is 7.72. The van der Waals surface area contributed by atoms with Gasteiger partial charge >= 0.3 is 0 Å². The Morgan fingerprint density at radius 3 is 2.73 bits per heavy atom. The van der Waals surface area contributed by atoms with Crippen molar-refractivity contribution < 1.29 is 9.34 Å². The summed E-state index contributed by atoms with van der Waals surface area (Å²) in [6.45, 7) is 0. The van der Waals surface area contributed by atoms with E-state index >= 15 is 0 Å². The molecule has 0 unspecified atom stereocenters. The number of fused-ring (bicyclic) bond motifs is 1. The molecule has 128 valence electrons. The number of hydrogen-bond acceptors (Lipinski definition) is 7. The Morgan fingerprint density at radius 1 is 1.08 bits per heavy atom. The van der Waals surface area contributed by atoms with Gasteiger partial charge in [-0.1, -0.05) is 18.2 Å². The molecule has 0 radical (unpaired) electrons. The van der Waals surface area contributed by atoms with E-state index in [9.17, 15) is 10.1 Å². The maximum Gasteiger partial charge on any atom is 0.271 e. The summed E-state index contributed by atoms with van der Waals surface area (Å²) in [6, 6.07) is 15.3. The molecular formula is C18H13N5O3. The molecule has 0 aliphatic heterocycles. The van der Waals surface area contributed by atoms with Crippen molar-refractivity contribution in [1.82, 2.24) is 9.97 Å². The highest BCUT2D eigenvalue weighted by Gasteiger charge is 2.13. The van der Waals surface area contributed by atoms with E-state index in [0.717, 1.165) is 5.56 Å². The quantitative estimate of drug-likeness (QED) is 0.323. The number of nitro groups is 1. The van der Waals surface area contributed by atoms with Crippen LogP contribution in [-0.4, -0.2) is 14.9 Å². The molecule has 3 N–H and O–H groups in total. The van der Waals surface area contributed by atoms with Gasteiger partial charge in [0.15, 0.2) is 0 Å². The van der Waals surface area contributed by atoms with E-state index in [-0.39, 0.29) is 5.69 Å². The van der Waals surface area contributed by atoms with Crippen molar-refractivity contribution >= 4 is 34.0 Å². The van der Waals surface area contributed by atoms with E-state index in [1.165, 1.54) is 18.5 Å². The summed E-state index contributed by atoms with van der Waals surface area (Å²) < 4.78 is 5.79. The van der Waals surface area contributed by atoms with E-state index in [4.69, 9.17) is 10.2 Å². The van der Waals surface area contributed by atoms with Crippen molar-refractivity contribution in [3.8, 4) is 11.3 Å². The van der Waals surface area contributed by atoms with Crippen LogP contribution in [0.2, 0.25) is 0 Å². The molecular weight excluding hydrogens is 334 g/mol. The van der Waals surface area contributed by atoms with Gasteiger partial charge in [-0.25, -0.2) is 9.97 Å². The first-order valence-electron chi connectivity index (χ1n) is 7.72. The number of anilines is 3. The van der Waals surface area contributed by atoms with Crippen LogP contribution >= 0.6 is 0 Å². The van der Waals surface area contributed by atoms with Crippen molar-refractivity contribution in [2.24, 2.45) is 0 Å². The van der Waals surface area contributed by atoms with Gasteiger partial charge in [0.2, 0.25) is 5.71 Å². The van der Waals surface area contributed by atoms with Crippen LogP contribution in [0.15, 0.2) is 65.3 Å². The summed E-state index contributed by atoms with van der Waals surface area (Å²) in [5.41, 5.74) is 8.22. The molecule has 0 aliphatic carbocycles. The molecule has 8 nitrogen and oxygen atoms in total. The SMILES string of the molecule is Nc1cccc(-c2cc3c(Nc4cccc([N+](=O)[O-])c4)ncnc3o2)c1. The number of rotatable bonds is 4. The monoisotopic (exact) mass is 347 g/mol. The minimum absolute atomic E-state index is 0.00653. The van der Waals surface area contributed by atoms with Gasteiger partial charge < -0.3 is 15.5 Å². The zero-order valence-corrected chi connectivity index (χ0v) is 13.4. The van der Waals surface area contributed by atoms with Gasteiger partial charge in [-0.15, -0.1) is 0 Å². The summed E-state index contributed by atoms with van der Waals surface area (Å²) in [6.07, 6.45) is 1.37. The average Bonchev–Trinajstić information content (AvgIpc) is 3.07. The van der Waals surface area contributed by atoms with Crippen LogP contribution in [0.1, 0.15) is 0 Å². The second kappa shape index (κ2) is 6.17. The zero-order chi connectivity index (χ0) is 18.1. The lowest BCUT2D eigenvalue weighted by molar-refractivity contribution is -0.384. The predicted molar refractivity (Wildman–Crippen MR) is 98.0 cm³/mol. The summed E-state index contributed by atoms with van der Waals surface area (Å²) in [7, 11) is 0. The van der Waals surface area contributed by atoms with Gasteiger partial charge in [0.05, 0.1) is 10.3 Å². The number of nitrogens with two attached hydrogens (primary N) is 1. The topological polar surface area (TPSA) is 120 Å². The normalized spacial score (nSPS) is 10.8. The van der Waals surface area contributed by atoms with E-state index in [2.05, 4.69) is 15.3 Å². The number of nitrogen functional groups attached to an aromatic ring is 1.